The van der Waals surface area contributed by atoms with Crippen LogP contribution in [0.25, 0.3) is 0 Å². The fraction of sp³-hybridized carbons (Fsp3) is 0.273. The van der Waals surface area contributed by atoms with Gasteiger partial charge in [-0.05, 0) is 12.1 Å². The minimum Gasteiger partial charge on any atom is -0.489 e. The number of ether oxygens (including phenoxy) is 1. The second-order valence-electron chi connectivity index (χ2n) is 2.78. The Morgan fingerprint density at radius 2 is 2.00 bits per heavy atom. The summed E-state index contributed by atoms with van der Waals surface area (Å²) in [4.78, 5) is 0. The zero-order valence-corrected chi connectivity index (χ0v) is 9.61. The molecule has 1 N–H and O–H groups in total. The Kier molecular flexibility index (Phi) is 5.34. The Balaban J connectivity index is 2.41. The summed E-state index contributed by atoms with van der Waals surface area (Å²) in [6.45, 7) is 1.66. The van der Waals surface area contributed by atoms with Crippen molar-refractivity contribution in [3.05, 3.63) is 28.2 Å². The minimum absolute atomic E-state index is 0.477. The van der Waals surface area contributed by atoms with Gasteiger partial charge in [-0.25, -0.2) is 0 Å². The summed E-state index contributed by atoms with van der Waals surface area (Å²) in [5.41, 5.74) is 0. The molecule has 2 nitrogen and oxygen atoms in total. The van der Waals surface area contributed by atoms with Crippen LogP contribution in [0.15, 0.2) is 18.2 Å². The first-order valence-corrected chi connectivity index (χ1v) is 5.22. The van der Waals surface area contributed by atoms with E-state index in [0.29, 0.717) is 35.5 Å². The minimum atomic E-state index is 0.477. The van der Waals surface area contributed by atoms with Crippen molar-refractivity contribution in [3.63, 3.8) is 0 Å². The third-order valence-corrected chi connectivity index (χ3v) is 2.27. The molecule has 0 fully saturated rings. The monoisotopic (exact) mass is 243 g/mol. The fourth-order valence-corrected chi connectivity index (χ4v) is 1.51. The molecule has 0 spiro atoms. The highest BCUT2D eigenvalue weighted by atomic mass is 35.5. The largest absolute Gasteiger partial charge is 0.489 e. The van der Waals surface area contributed by atoms with Crippen LogP contribution in [0.3, 0.4) is 0 Å². The number of hydrogen-bond donors (Lipinski definition) is 1. The van der Waals surface area contributed by atoms with Crippen LogP contribution in [0.4, 0.5) is 0 Å². The molecular weight excluding hydrogens is 233 g/mol. The maximum absolute atomic E-state index is 5.91. The highest BCUT2D eigenvalue weighted by molar-refractivity contribution is 6.37. The van der Waals surface area contributed by atoms with Gasteiger partial charge < -0.3 is 10.1 Å². The first-order valence-electron chi connectivity index (χ1n) is 4.46. The molecule has 0 aliphatic heterocycles. The lowest BCUT2D eigenvalue weighted by Crippen LogP contribution is -2.21. The summed E-state index contributed by atoms with van der Waals surface area (Å²) in [7, 11) is 0. The van der Waals surface area contributed by atoms with Gasteiger partial charge in [0.25, 0.3) is 0 Å². The lowest BCUT2D eigenvalue weighted by molar-refractivity contribution is 0.317. The molecular formula is C11H11Cl2NO. The summed E-state index contributed by atoms with van der Waals surface area (Å²) in [6.07, 6.45) is 5.07. The van der Waals surface area contributed by atoms with Crippen molar-refractivity contribution in [1.82, 2.24) is 5.32 Å². The van der Waals surface area contributed by atoms with Gasteiger partial charge in [0.15, 0.2) is 5.75 Å². The number of halogens is 2. The van der Waals surface area contributed by atoms with Crippen molar-refractivity contribution in [2.24, 2.45) is 0 Å². The number of rotatable bonds is 5. The summed E-state index contributed by atoms with van der Waals surface area (Å²) >= 11 is 11.8. The van der Waals surface area contributed by atoms with Crippen molar-refractivity contribution in [1.29, 1.82) is 0 Å². The van der Waals surface area contributed by atoms with E-state index >= 15 is 0 Å². The fourth-order valence-electron chi connectivity index (χ4n) is 1.01. The van der Waals surface area contributed by atoms with Gasteiger partial charge >= 0.3 is 0 Å². The molecule has 0 aliphatic carbocycles. The third kappa shape index (κ3) is 4.01. The Hall–Kier alpha value is -0.880. The van der Waals surface area contributed by atoms with Crippen molar-refractivity contribution >= 4 is 23.2 Å². The number of hydrogen-bond acceptors (Lipinski definition) is 2. The third-order valence-electron chi connectivity index (χ3n) is 1.67. The molecule has 1 aromatic carbocycles. The molecule has 0 aromatic heterocycles. The van der Waals surface area contributed by atoms with Gasteiger partial charge in [0.1, 0.15) is 6.61 Å². The van der Waals surface area contributed by atoms with Crippen molar-refractivity contribution in [3.8, 4) is 18.1 Å². The van der Waals surface area contributed by atoms with Crippen LogP contribution < -0.4 is 10.1 Å². The molecule has 0 amide bonds. The Morgan fingerprint density at radius 1 is 1.33 bits per heavy atom. The van der Waals surface area contributed by atoms with Crippen LogP contribution in [-0.4, -0.2) is 19.7 Å². The second-order valence-corrected chi connectivity index (χ2v) is 3.59. The Morgan fingerprint density at radius 3 is 2.60 bits per heavy atom. The molecule has 0 heterocycles. The zero-order valence-electron chi connectivity index (χ0n) is 8.09. The molecule has 0 atom stereocenters. The van der Waals surface area contributed by atoms with Crippen LogP contribution in [-0.2, 0) is 0 Å². The van der Waals surface area contributed by atoms with E-state index < -0.39 is 0 Å². The predicted octanol–water partition coefficient (Wildman–Crippen LogP) is 2.60. The Labute approximate surface area is 99.5 Å². The van der Waals surface area contributed by atoms with Crippen LogP contribution in [0.5, 0.6) is 5.75 Å². The normalized spacial score (nSPS) is 9.67. The molecule has 1 rings (SSSR count). The van der Waals surface area contributed by atoms with Gasteiger partial charge in [-0.15, -0.1) is 6.42 Å². The Bertz CT molecular complexity index is 340. The van der Waals surface area contributed by atoms with E-state index in [1.54, 1.807) is 18.2 Å². The number of benzene rings is 1. The molecule has 0 bridgehead atoms. The summed E-state index contributed by atoms with van der Waals surface area (Å²) < 4.78 is 5.42. The molecule has 1 aromatic rings. The summed E-state index contributed by atoms with van der Waals surface area (Å²) in [6, 6.07) is 5.24. The maximum Gasteiger partial charge on any atom is 0.156 e. The van der Waals surface area contributed by atoms with Gasteiger partial charge in [0, 0.05) is 6.54 Å². The summed E-state index contributed by atoms with van der Waals surface area (Å²) in [5, 5.41) is 4.02. The molecule has 4 heteroatoms. The number of nitrogens with one attached hydrogen (secondary N) is 1. The highest BCUT2D eigenvalue weighted by Crippen LogP contribution is 2.31. The smallest absolute Gasteiger partial charge is 0.156 e. The van der Waals surface area contributed by atoms with E-state index in [2.05, 4.69) is 11.2 Å². The van der Waals surface area contributed by atoms with Crippen LogP contribution >= 0.6 is 23.2 Å². The van der Waals surface area contributed by atoms with Crippen molar-refractivity contribution in [2.75, 3.05) is 19.7 Å². The predicted molar refractivity (Wildman–Crippen MR) is 63.7 cm³/mol. The molecule has 0 aliphatic rings. The lowest BCUT2D eigenvalue weighted by Gasteiger charge is -2.09. The van der Waals surface area contributed by atoms with E-state index in [1.807, 2.05) is 0 Å². The molecule has 0 radical (unpaired) electrons. The summed E-state index contributed by atoms with van der Waals surface area (Å²) in [5.74, 6) is 2.99. The molecule has 0 unspecified atom stereocenters. The zero-order chi connectivity index (χ0) is 11.1. The molecule has 0 saturated carbocycles. The SMILES string of the molecule is C#CCNCCOc1c(Cl)cccc1Cl. The first kappa shape index (κ1) is 12.2. The van der Waals surface area contributed by atoms with Gasteiger partial charge in [0.2, 0.25) is 0 Å². The van der Waals surface area contributed by atoms with Crippen LogP contribution in [0.1, 0.15) is 0 Å². The van der Waals surface area contributed by atoms with Crippen molar-refractivity contribution < 1.29 is 4.74 Å². The van der Waals surface area contributed by atoms with E-state index in [1.165, 1.54) is 0 Å². The lowest BCUT2D eigenvalue weighted by atomic mass is 10.3. The average Bonchev–Trinajstić information content (AvgIpc) is 2.21. The van der Waals surface area contributed by atoms with E-state index in [4.69, 9.17) is 34.4 Å². The molecule has 80 valence electrons. The van der Waals surface area contributed by atoms with Gasteiger partial charge in [0.05, 0.1) is 16.6 Å². The van der Waals surface area contributed by atoms with Gasteiger partial charge in [-0.2, -0.15) is 0 Å². The highest BCUT2D eigenvalue weighted by Gasteiger charge is 2.05. The van der Waals surface area contributed by atoms with Gasteiger partial charge in [-0.1, -0.05) is 35.2 Å². The second kappa shape index (κ2) is 6.58. The number of para-hydroxylation sites is 1. The van der Waals surface area contributed by atoms with E-state index in [0.717, 1.165) is 0 Å². The number of terminal acetylenes is 1. The molecule has 15 heavy (non-hydrogen) atoms. The topological polar surface area (TPSA) is 21.3 Å². The maximum atomic E-state index is 5.91. The average molecular weight is 244 g/mol. The van der Waals surface area contributed by atoms with E-state index in [9.17, 15) is 0 Å². The van der Waals surface area contributed by atoms with Crippen LogP contribution in [0.2, 0.25) is 10.0 Å². The van der Waals surface area contributed by atoms with Crippen molar-refractivity contribution in [2.45, 2.75) is 0 Å². The molecule has 0 saturated heterocycles. The standard InChI is InChI=1S/C11H11Cl2NO/c1-2-6-14-7-8-15-11-9(12)4-3-5-10(11)13/h1,3-5,14H,6-8H2. The quantitative estimate of drug-likeness (QED) is 0.635. The van der Waals surface area contributed by atoms with Crippen LogP contribution in [0, 0.1) is 12.3 Å². The van der Waals surface area contributed by atoms with Gasteiger partial charge in [-0.3, -0.25) is 0 Å². The van der Waals surface area contributed by atoms with E-state index in [-0.39, 0.29) is 0 Å². The first-order chi connectivity index (χ1) is 7.25.